The molecule has 1 rings (SSSR count). The Morgan fingerprint density at radius 2 is 2.00 bits per heavy atom. The van der Waals surface area contributed by atoms with Crippen molar-refractivity contribution in [3.05, 3.63) is 29.8 Å². The molecule has 0 saturated heterocycles. The molecule has 112 valence electrons. The van der Waals surface area contributed by atoms with Crippen LogP contribution in [0.2, 0.25) is 0 Å². The Labute approximate surface area is 127 Å². The van der Waals surface area contributed by atoms with E-state index in [-0.39, 0.29) is 5.91 Å². The van der Waals surface area contributed by atoms with Crippen LogP contribution in [0.5, 0.6) is 0 Å². The SMILES string of the molecule is CCN(CC)C(=O)CSc1cccc(CNC(C)C)c1. The van der Waals surface area contributed by atoms with Crippen molar-refractivity contribution in [2.45, 2.75) is 45.2 Å². The summed E-state index contributed by atoms with van der Waals surface area (Å²) in [5.41, 5.74) is 1.26. The van der Waals surface area contributed by atoms with Gasteiger partial charge >= 0.3 is 0 Å². The van der Waals surface area contributed by atoms with Crippen LogP contribution in [0.3, 0.4) is 0 Å². The second kappa shape index (κ2) is 9.03. The summed E-state index contributed by atoms with van der Waals surface area (Å²) in [7, 11) is 0. The third kappa shape index (κ3) is 5.97. The molecule has 1 aromatic carbocycles. The lowest BCUT2D eigenvalue weighted by atomic mass is 10.2. The average Bonchev–Trinajstić information content (AvgIpc) is 2.44. The largest absolute Gasteiger partial charge is 0.343 e. The van der Waals surface area contributed by atoms with Crippen molar-refractivity contribution >= 4 is 17.7 Å². The molecular weight excluding hydrogens is 268 g/mol. The van der Waals surface area contributed by atoms with Gasteiger partial charge in [0.05, 0.1) is 5.75 Å². The van der Waals surface area contributed by atoms with Gasteiger partial charge in [-0.2, -0.15) is 0 Å². The molecule has 0 bridgehead atoms. The van der Waals surface area contributed by atoms with Crippen LogP contribution in [0.15, 0.2) is 29.2 Å². The molecule has 0 saturated carbocycles. The maximum absolute atomic E-state index is 12.0. The third-order valence-corrected chi connectivity index (χ3v) is 4.07. The molecule has 3 nitrogen and oxygen atoms in total. The van der Waals surface area contributed by atoms with E-state index in [4.69, 9.17) is 0 Å². The van der Waals surface area contributed by atoms with Gasteiger partial charge < -0.3 is 10.2 Å². The molecule has 0 heterocycles. The molecule has 20 heavy (non-hydrogen) atoms. The van der Waals surface area contributed by atoms with Crippen LogP contribution in [0.25, 0.3) is 0 Å². The minimum atomic E-state index is 0.214. The van der Waals surface area contributed by atoms with Crippen molar-refractivity contribution < 1.29 is 4.79 Å². The van der Waals surface area contributed by atoms with Gasteiger partial charge in [-0.1, -0.05) is 26.0 Å². The molecule has 1 N–H and O–H groups in total. The van der Waals surface area contributed by atoms with Gasteiger partial charge in [0.25, 0.3) is 0 Å². The van der Waals surface area contributed by atoms with E-state index in [1.54, 1.807) is 11.8 Å². The Morgan fingerprint density at radius 3 is 2.60 bits per heavy atom. The fraction of sp³-hybridized carbons (Fsp3) is 0.562. The first kappa shape index (κ1) is 17.1. The number of nitrogens with zero attached hydrogens (tertiary/aromatic N) is 1. The Balaban J connectivity index is 2.51. The molecule has 0 fully saturated rings. The van der Waals surface area contributed by atoms with Crippen LogP contribution in [0, 0.1) is 0 Å². The average molecular weight is 294 g/mol. The van der Waals surface area contributed by atoms with Gasteiger partial charge in [0.2, 0.25) is 5.91 Å². The van der Waals surface area contributed by atoms with E-state index in [2.05, 4.69) is 43.4 Å². The van der Waals surface area contributed by atoms with E-state index in [0.717, 1.165) is 24.5 Å². The van der Waals surface area contributed by atoms with Crippen molar-refractivity contribution in [2.24, 2.45) is 0 Å². The van der Waals surface area contributed by atoms with E-state index >= 15 is 0 Å². The van der Waals surface area contributed by atoms with Crippen LogP contribution < -0.4 is 5.32 Å². The number of thioether (sulfide) groups is 1. The molecule has 0 aliphatic carbocycles. The molecule has 1 amide bonds. The van der Waals surface area contributed by atoms with Crippen molar-refractivity contribution in [3.63, 3.8) is 0 Å². The zero-order valence-corrected chi connectivity index (χ0v) is 13.8. The first-order valence-electron chi connectivity index (χ1n) is 7.29. The van der Waals surface area contributed by atoms with Gasteiger partial charge in [0.1, 0.15) is 0 Å². The summed E-state index contributed by atoms with van der Waals surface area (Å²) in [6.07, 6.45) is 0. The van der Waals surface area contributed by atoms with Crippen LogP contribution in [0.1, 0.15) is 33.3 Å². The lowest BCUT2D eigenvalue weighted by Crippen LogP contribution is -2.31. The molecule has 0 spiro atoms. The third-order valence-electron chi connectivity index (χ3n) is 3.09. The number of carbonyl (C=O) groups excluding carboxylic acids is 1. The number of nitrogens with one attached hydrogen (secondary N) is 1. The Hall–Kier alpha value is -1.00. The first-order valence-corrected chi connectivity index (χ1v) is 8.28. The molecular formula is C16H26N2OS. The van der Waals surface area contributed by atoms with Gasteiger partial charge in [0.15, 0.2) is 0 Å². The lowest BCUT2D eigenvalue weighted by molar-refractivity contribution is -0.127. The number of amides is 1. The topological polar surface area (TPSA) is 32.3 Å². The number of carbonyl (C=O) groups is 1. The van der Waals surface area contributed by atoms with Crippen molar-refractivity contribution in [3.8, 4) is 0 Å². The van der Waals surface area contributed by atoms with Gasteiger partial charge in [0, 0.05) is 30.6 Å². The minimum Gasteiger partial charge on any atom is -0.343 e. The molecule has 0 aromatic heterocycles. The van der Waals surface area contributed by atoms with Crippen molar-refractivity contribution in [1.82, 2.24) is 10.2 Å². The fourth-order valence-electron chi connectivity index (χ4n) is 1.88. The van der Waals surface area contributed by atoms with Crippen LogP contribution in [-0.2, 0) is 11.3 Å². The second-order valence-corrected chi connectivity index (χ2v) is 6.09. The summed E-state index contributed by atoms with van der Waals surface area (Å²) in [5.74, 6) is 0.730. The maximum atomic E-state index is 12.0. The zero-order valence-electron chi connectivity index (χ0n) is 13.0. The number of rotatable bonds is 8. The monoisotopic (exact) mass is 294 g/mol. The molecule has 0 unspecified atom stereocenters. The maximum Gasteiger partial charge on any atom is 0.232 e. The summed E-state index contributed by atoms with van der Waals surface area (Å²) in [6.45, 7) is 10.8. The molecule has 1 aromatic rings. The number of hydrogen-bond donors (Lipinski definition) is 1. The quantitative estimate of drug-likeness (QED) is 0.748. The van der Waals surface area contributed by atoms with E-state index < -0.39 is 0 Å². The predicted octanol–water partition coefficient (Wildman–Crippen LogP) is 3.15. The zero-order chi connectivity index (χ0) is 15.0. The van der Waals surface area contributed by atoms with E-state index in [1.165, 1.54) is 5.56 Å². The highest BCUT2D eigenvalue weighted by molar-refractivity contribution is 8.00. The fourth-order valence-corrected chi connectivity index (χ4v) is 2.76. The van der Waals surface area contributed by atoms with Gasteiger partial charge in [-0.05, 0) is 31.5 Å². The lowest BCUT2D eigenvalue weighted by Gasteiger charge is -2.18. The van der Waals surface area contributed by atoms with Gasteiger partial charge in [-0.3, -0.25) is 4.79 Å². The summed E-state index contributed by atoms with van der Waals surface area (Å²) >= 11 is 1.62. The second-order valence-electron chi connectivity index (χ2n) is 5.04. The highest BCUT2D eigenvalue weighted by Gasteiger charge is 2.09. The van der Waals surface area contributed by atoms with Crippen LogP contribution >= 0.6 is 11.8 Å². The molecule has 0 aliphatic rings. The molecule has 0 atom stereocenters. The van der Waals surface area contributed by atoms with E-state index in [0.29, 0.717) is 11.8 Å². The van der Waals surface area contributed by atoms with Crippen molar-refractivity contribution in [2.75, 3.05) is 18.8 Å². The first-order chi connectivity index (χ1) is 9.56. The van der Waals surface area contributed by atoms with E-state index in [9.17, 15) is 4.79 Å². The summed E-state index contributed by atoms with van der Waals surface area (Å²) in [4.78, 5) is 15.0. The molecule has 4 heteroatoms. The summed E-state index contributed by atoms with van der Waals surface area (Å²) < 4.78 is 0. The van der Waals surface area contributed by atoms with Crippen molar-refractivity contribution in [1.29, 1.82) is 0 Å². The summed E-state index contributed by atoms with van der Waals surface area (Å²) in [6, 6.07) is 8.89. The summed E-state index contributed by atoms with van der Waals surface area (Å²) in [5, 5.41) is 3.41. The predicted molar refractivity (Wildman–Crippen MR) is 87.1 cm³/mol. The minimum absolute atomic E-state index is 0.214. The van der Waals surface area contributed by atoms with Crippen LogP contribution in [0.4, 0.5) is 0 Å². The van der Waals surface area contributed by atoms with Gasteiger partial charge in [-0.15, -0.1) is 11.8 Å². The van der Waals surface area contributed by atoms with E-state index in [1.807, 2.05) is 18.7 Å². The van der Waals surface area contributed by atoms with Crippen LogP contribution in [-0.4, -0.2) is 35.7 Å². The normalized spacial score (nSPS) is 10.8. The smallest absolute Gasteiger partial charge is 0.232 e. The Kier molecular flexibility index (Phi) is 7.70. The number of hydrogen-bond acceptors (Lipinski definition) is 3. The molecule has 0 radical (unpaired) electrons. The van der Waals surface area contributed by atoms with Gasteiger partial charge in [-0.25, -0.2) is 0 Å². The molecule has 0 aliphatic heterocycles. The number of benzene rings is 1. The highest BCUT2D eigenvalue weighted by atomic mass is 32.2. The Morgan fingerprint density at radius 1 is 1.30 bits per heavy atom. The standard InChI is InChI=1S/C16H26N2OS/c1-5-18(6-2)16(19)12-20-15-9-7-8-14(10-15)11-17-13(3)4/h7-10,13,17H,5-6,11-12H2,1-4H3. The highest BCUT2D eigenvalue weighted by Crippen LogP contribution is 2.19. The Bertz CT molecular complexity index is 417.